The second-order valence-electron chi connectivity index (χ2n) is 7.77. The van der Waals surface area contributed by atoms with Crippen molar-refractivity contribution in [3.63, 3.8) is 0 Å². The maximum atomic E-state index is 12.9. The molecule has 0 unspecified atom stereocenters. The van der Waals surface area contributed by atoms with Gasteiger partial charge in [-0.3, -0.25) is 4.79 Å². The van der Waals surface area contributed by atoms with Gasteiger partial charge in [-0.05, 0) is 17.4 Å². The molecule has 2 atom stereocenters. The van der Waals surface area contributed by atoms with Crippen molar-refractivity contribution in [2.75, 3.05) is 0 Å². The summed E-state index contributed by atoms with van der Waals surface area (Å²) in [5, 5.41) is 9.65. The molecule has 0 spiro atoms. The van der Waals surface area contributed by atoms with E-state index in [0.29, 0.717) is 6.42 Å². The average Bonchev–Trinajstić information content (AvgIpc) is 2.23. The summed E-state index contributed by atoms with van der Waals surface area (Å²) < 4.78 is 1.73. The van der Waals surface area contributed by atoms with Crippen LogP contribution in [-0.2, 0) is 9.59 Å². The van der Waals surface area contributed by atoms with Crippen molar-refractivity contribution in [2.45, 2.75) is 72.1 Å². The fraction of sp³-hybridized carbons (Fsp3) is 0.867. The third kappa shape index (κ3) is 2.01. The topological polar surface area (TPSA) is 57.6 Å². The number of carboxylic acids is 1. The molecule has 1 amide bonds. The molecular weight excluding hydrogens is 270 g/mol. The second-order valence-corrected chi connectivity index (χ2v) is 12.9. The normalized spacial score (nSPS) is 27.8. The molecule has 0 aromatic rings. The molecule has 116 valence electrons. The molecule has 0 bridgehead atoms. The highest BCUT2D eigenvalue weighted by Crippen LogP contribution is 2.54. The lowest BCUT2D eigenvalue weighted by atomic mass is 9.63. The molecule has 4 nitrogen and oxygen atoms in total. The first kappa shape index (κ1) is 17.2. The molecule has 0 radical (unpaired) electrons. The van der Waals surface area contributed by atoms with Crippen molar-refractivity contribution in [1.82, 2.24) is 4.57 Å². The van der Waals surface area contributed by atoms with Crippen molar-refractivity contribution in [3.8, 4) is 0 Å². The summed E-state index contributed by atoms with van der Waals surface area (Å²) in [4.78, 5) is 24.7. The molecule has 1 saturated heterocycles. The molecule has 20 heavy (non-hydrogen) atoms. The Labute approximate surface area is 123 Å². The zero-order valence-corrected chi connectivity index (χ0v) is 15.1. The van der Waals surface area contributed by atoms with Crippen LogP contribution in [-0.4, -0.2) is 35.8 Å². The quantitative estimate of drug-likeness (QED) is 0.640. The van der Waals surface area contributed by atoms with E-state index in [2.05, 4.69) is 33.9 Å². The van der Waals surface area contributed by atoms with Crippen LogP contribution in [0.4, 0.5) is 0 Å². The Bertz CT molecular complexity index is 425. The minimum atomic E-state index is -2.16. The molecule has 1 rings (SSSR count). The summed E-state index contributed by atoms with van der Waals surface area (Å²) in [6, 6.07) is -0.666. The molecule has 0 aromatic heterocycles. The molecule has 1 fully saturated rings. The van der Waals surface area contributed by atoms with Crippen LogP contribution < -0.4 is 0 Å². The Morgan fingerprint density at radius 1 is 1.40 bits per heavy atom. The first-order chi connectivity index (χ1) is 8.85. The lowest BCUT2D eigenvalue weighted by Crippen LogP contribution is -2.80. The first-order valence-corrected chi connectivity index (χ1v) is 10.4. The van der Waals surface area contributed by atoms with Gasteiger partial charge in [0.15, 0.2) is 8.24 Å². The number of aliphatic carboxylic acids is 1. The molecule has 1 aliphatic heterocycles. The van der Waals surface area contributed by atoms with Gasteiger partial charge in [0.25, 0.3) is 0 Å². The van der Waals surface area contributed by atoms with E-state index in [4.69, 9.17) is 0 Å². The summed E-state index contributed by atoms with van der Waals surface area (Å²) in [6.07, 6.45) is 0.589. The Balaban J connectivity index is 3.34. The third-order valence-electron chi connectivity index (χ3n) is 5.65. The van der Waals surface area contributed by atoms with E-state index in [1.54, 1.807) is 4.57 Å². The van der Waals surface area contributed by atoms with E-state index in [0.717, 1.165) is 0 Å². The van der Waals surface area contributed by atoms with Crippen molar-refractivity contribution in [1.29, 1.82) is 0 Å². The van der Waals surface area contributed by atoms with Crippen molar-refractivity contribution in [2.24, 2.45) is 11.3 Å². The van der Waals surface area contributed by atoms with E-state index < -0.39 is 25.7 Å². The molecule has 1 heterocycles. The van der Waals surface area contributed by atoms with Gasteiger partial charge in [-0.15, -0.1) is 0 Å². The Kier molecular flexibility index (Phi) is 4.18. The molecule has 0 aliphatic carbocycles. The van der Waals surface area contributed by atoms with Crippen LogP contribution in [0.25, 0.3) is 0 Å². The predicted octanol–water partition coefficient (Wildman–Crippen LogP) is 3.34. The van der Waals surface area contributed by atoms with Crippen LogP contribution in [0.15, 0.2) is 0 Å². The van der Waals surface area contributed by atoms with Gasteiger partial charge >= 0.3 is 5.97 Å². The SMILES string of the molecule is CC[C@@]1(C(C)C)C(=O)N([Si](C)(C)C(C)(C)C)[C@H]1C(=O)O. The van der Waals surface area contributed by atoms with Gasteiger partial charge < -0.3 is 9.67 Å². The van der Waals surface area contributed by atoms with E-state index in [9.17, 15) is 14.7 Å². The highest BCUT2D eigenvalue weighted by atomic mass is 28.3. The minimum Gasteiger partial charge on any atom is -0.480 e. The number of amides is 1. The van der Waals surface area contributed by atoms with Gasteiger partial charge in [-0.1, -0.05) is 54.6 Å². The fourth-order valence-electron chi connectivity index (χ4n) is 3.21. The van der Waals surface area contributed by atoms with Crippen LogP contribution in [0.5, 0.6) is 0 Å². The fourth-order valence-corrected chi connectivity index (χ4v) is 5.63. The monoisotopic (exact) mass is 299 g/mol. The predicted molar refractivity (Wildman–Crippen MR) is 83.0 cm³/mol. The number of carbonyl (C=O) groups is 2. The van der Waals surface area contributed by atoms with E-state index >= 15 is 0 Å². The highest BCUT2D eigenvalue weighted by molar-refractivity contribution is 6.80. The molecule has 5 heteroatoms. The third-order valence-corrected chi connectivity index (χ3v) is 11.0. The zero-order chi connectivity index (χ0) is 16.1. The molecule has 0 saturated carbocycles. The number of hydrogen-bond donors (Lipinski definition) is 1. The molecule has 1 aliphatic rings. The largest absolute Gasteiger partial charge is 0.480 e. The van der Waals surface area contributed by atoms with E-state index in [-0.39, 0.29) is 16.9 Å². The maximum Gasteiger partial charge on any atom is 0.326 e. The van der Waals surface area contributed by atoms with Crippen LogP contribution in [0.2, 0.25) is 18.1 Å². The Morgan fingerprint density at radius 2 is 1.85 bits per heavy atom. The first-order valence-electron chi connectivity index (χ1n) is 7.42. The summed E-state index contributed by atoms with van der Waals surface area (Å²) in [5.41, 5.74) is -0.721. The smallest absolute Gasteiger partial charge is 0.326 e. The van der Waals surface area contributed by atoms with Gasteiger partial charge in [-0.25, -0.2) is 4.79 Å². The van der Waals surface area contributed by atoms with Gasteiger partial charge in [0.1, 0.15) is 6.04 Å². The number of rotatable bonds is 4. The minimum absolute atomic E-state index is 0.0436. The van der Waals surface area contributed by atoms with E-state index in [1.807, 2.05) is 20.8 Å². The lowest BCUT2D eigenvalue weighted by Gasteiger charge is -2.63. The lowest BCUT2D eigenvalue weighted by molar-refractivity contribution is -0.182. The molecule has 0 aromatic carbocycles. The summed E-state index contributed by atoms with van der Waals surface area (Å²) in [7, 11) is -2.16. The molecular formula is C15H29NO3Si. The van der Waals surface area contributed by atoms with E-state index in [1.165, 1.54) is 0 Å². The van der Waals surface area contributed by atoms with Crippen LogP contribution in [0.3, 0.4) is 0 Å². The van der Waals surface area contributed by atoms with Crippen LogP contribution in [0.1, 0.15) is 48.0 Å². The highest BCUT2D eigenvalue weighted by Gasteiger charge is 2.68. The van der Waals surface area contributed by atoms with Gasteiger partial charge in [0.05, 0.1) is 5.41 Å². The number of carboxylic acid groups (broad SMARTS) is 1. The summed E-state index contributed by atoms with van der Waals surface area (Å²) in [5.74, 6) is -0.763. The number of carbonyl (C=O) groups excluding carboxylic acids is 1. The Morgan fingerprint density at radius 3 is 2.10 bits per heavy atom. The Hall–Kier alpha value is -0.843. The zero-order valence-electron chi connectivity index (χ0n) is 14.1. The average molecular weight is 299 g/mol. The summed E-state index contributed by atoms with van der Waals surface area (Å²) in [6.45, 7) is 16.4. The van der Waals surface area contributed by atoms with Gasteiger partial charge in [0.2, 0.25) is 5.91 Å². The van der Waals surface area contributed by atoms with Crippen molar-refractivity contribution >= 4 is 20.1 Å². The van der Waals surface area contributed by atoms with Crippen LogP contribution >= 0.6 is 0 Å². The van der Waals surface area contributed by atoms with Crippen molar-refractivity contribution in [3.05, 3.63) is 0 Å². The standard InChI is InChI=1S/C15H29NO3Si/c1-9-15(10(2)3)11(12(17)18)16(13(15)19)20(7,8)14(4,5)6/h10-11H,9H2,1-8H3,(H,17,18)/t11-,15-/m0/s1. The number of β-lactam (4-membered cyclic amide) rings is 1. The number of hydrogen-bond acceptors (Lipinski definition) is 2. The summed E-state index contributed by atoms with van der Waals surface area (Å²) >= 11 is 0. The van der Waals surface area contributed by atoms with Gasteiger partial charge in [-0.2, -0.15) is 0 Å². The molecule has 1 N–H and O–H groups in total. The number of nitrogens with zero attached hydrogens (tertiary/aromatic N) is 1. The van der Waals surface area contributed by atoms with Crippen LogP contribution in [0, 0.1) is 11.3 Å². The van der Waals surface area contributed by atoms with Gasteiger partial charge in [0, 0.05) is 0 Å². The van der Waals surface area contributed by atoms with Crippen molar-refractivity contribution < 1.29 is 14.7 Å². The second kappa shape index (κ2) is 4.86. The maximum absolute atomic E-state index is 12.9.